The zero-order valence-corrected chi connectivity index (χ0v) is 11.9. The lowest BCUT2D eigenvalue weighted by Crippen LogP contribution is -2.05. The van der Waals surface area contributed by atoms with E-state index in [1.54, 1.807) is 24.4 Å². The summed E-state index contributed by atoms with van der Waals surface area (Å²) in [5, 5.41) is 11.6. The van der Waals surface area contributed by atoms with Gasteiger partial charge in [-0.3, -0.25) is 15.1 Å². The Hall–Kier alpha value is -2.87. The van der Waals surface area contributed by atoms with Crippen LogP contribution in [0.2, 0.25) is 0 Å². The van der Waals surface area contributed by atoms with Crippen LogP contribution >= 0.6 is 0 Å². The van der Waals surface area contributed by atoms with Crippen molar-refractivity contribution >= 4 is 26.3 Å². The maximum absolute atomic E-state index is 12.7. The van der Waals surface area contributed by atoms with Gasteiger partial charge < -0.3 is 0 Å². The second-order valence-electron chi connectivity index (χ2n) is 4.47. The first-order valence-electron chi connectivity index (χ1n) is 6.18. The normalized spacial score (nSPS) is 11.5. The topological polar surface area (TPSA) is 103 Å². The van der Waals surface area contributed by atoms with Crippen LogP contribution in [0.4, 0.5) is 5.69 Å². The van der Waals surface area contributed by atoms with Crippen LogP contribution in [0.3, 0.4) is 0 Å². The molecule has 0 saturated carbocycles. The van der Waals surface area contributed by atoms with Crippen molar-refractivity contribution in [3.05, 3.63) is 65.1 Å². The smallest absolute Gasteiger partial charge is 0.264 e. The van der Waals surface area contributed by atoms with Crippen molar-refractivity contribution < 1.29 is 13.3 Å². The molecule has 0 aliphatic carbocycles. The van der Waals surface area contributed by atoms with Crippen molar-refractivity contribution in [2.75, 3.05) is 0 Å². The molecule has 0 N–H and O–H groups in total. The van der Waals surface area contributed by atoms with Crippen LogP contribution in [-0.4, -0.2) is 23.3 Å². The third-order valence-corrected chi connectivity index (χ3v) is 4.86. The van der Waals surface area contributed by atoms with Crippen LogP contribution in [0.15, 0.2) is 64.9 Å². The molecule has 0 bridgehead atoms. The van der Waals surface area contributed by atoms with Gasteiger partial charge in [-0.1, -0.05) is 12.1 Å². The SMILES string of the molecule is O=[N+]([O-])c1ccc(S(=O)(=O)c2cccc3cnccc23)nc1. The molecule has 1 aromatic carbocycles. The summed E-state index contributed by atoms with van der Waals surface area (Å²) in [7, 11) is -3.87. The molecule has 3 aromatic rings. The van der Waals surface area contributed by atoms with Gasteiger partial charge in [0.2, 0.25) is 9.84 Å². The quantitative estimate of drug-likeness (QED) is 0.543. The minimum absolute atomic E-state index is 0.0914. The molecule has 22 heavy (non-hydrogen) atoms. The Morgan fingerprint density at radius 2 is 1.86 bits per heavy atom. The van der Waals surface area contributed by atoms with Gasteiger partial charge in [-0.2, -0.15) is 0 Å². The van der Waals surface area contributed by atoms with Gasteiger partial charge in [0, 0.05) is 29.2 Å². The average Bonchev–Trinajstić information content (AvgIpc) is 2.54. The van der Waals surface area contributed by atoms with Crippen molar-refractivity contribution in [2.45, 2.75) is 9.92 Å². The molecule has 0 amide bonds. The lowest BCUT2D eigenvalue weighted by atomic mass is 10.2. The first-order valence-corrected chi connectivity index (χ1v) is 7.67. The number of hydrogen-bond acceptors (Lipinski definition) is 6. The molecule has 7 nitrogen and oxygen atoms in total. The van der Waals surface area contributed by atoms with E-state index in [2.05, 4.69) is 9.97 Å². The fraction of sp³-hybridized carbons (Fsp3) is 0. The van der Waals surface area contributed by atoms with Gasteiger partial charge in [0.1, 0.15) is 6.20 Å². The highest BCUT2D eigenvalue weighted by molar-refractivity contribution is 7.91. The van der Waals surface area contributed by atoms with Crippen molar-refractivity contribution in [1.29, 1.82) is 0 Å². The third-order valence-electron chi connectivity index (χ3n) is 3.14. The third kappa shape index (κ3) is 2.29. The maximum atomic E-state index is 12.7. The van der Waals surface area contributed by atoms with Crippen LogP contribution in [0.5, 0.6) is 0 Å². The number of nitro groups is 1. The van der Waals surface area contributed by atoms with E-state index in [0.717, 1.165) is 18.3 Å². The highest BCUT2D eigenvalue weighted by Gasteiger charge is 2.22. The standard InChI is InChI=1S/C14H9N3O4S/c18-17(19)11-4-5-14(16-9-11)22(20,21)13-3-1-2-10-8-15-7-6-12(10)13/h1-9H. The lowest BCUT2D eigenvalue weighted by molar-refractivity contribution is -0.385. The number of nitrogens with zero attached hydrogens (tertiary/aromatic N) is 3. The van der Waals surface area contributed by atoms with E-state index in [-0.39, 0.29) is 15.6 Å². The predicted molar refractivity (Wildman–Crippen MR) is 78.1 cm³/mol. The number of aromatic nitrogens is 2. The number of pyridine rings is 2. The fourth-order valence-corrected chi connectivity index (χ4v) is 3.48. The highest BCUT2D eigenvalue weighted by atomic mass is 32.2. The van der Waals surface area contributed by atoms with Crippen molar-refractivity contribution in [3.8, 4) is 0 Å². The van der Waals surface area contributed by atoms with Crippen LogP contribution < -0.4 is 0 Å². The van der Waals surface area contributed by atoms with E-state index in [1.807, 2.05) is 0 Å². The molecule has 2 heterocycles. The highest BCUT2D eigenvalue weighted by Crippen LogP contribution is 2.27. The van der Waals surface area contributed by atoms with Gasteiger partial charge in [0.25, 0.3) is 5.69 Å². The van der Waals surface area contributed by atoms with Gasteiger partial charge in [-0.25, -0.2) is 13.4 Å². The molecule has 0 aliphatic heterocycles. The summed E-state index contributed by atoms with van der Waals surface area (Å²) >= 11 is 0. The second kappa shape index (κ2) is 5.15. The van der Waals surface area contributed by atoms with Crippen molar-refractivity contribution in [3.63, 3.8) is 0 Å². The fourth-order valence-electron chi connectivity index (χ4n) is 2.08. The van der Waals surface area contributed by atoms with Gasteiger partial charge in [0.05, 0.1) is 9.82 Å². The minimum atomic E-state index is -3.87. The Labute approximate surface area is 125 Å². The van der Waals surface area contributed by atoms with Crippen LogP contribution in [0.1, 0.15) is 0 Å². The average molecular weight is 315 g/mol. The molecule has 0 atom stereocenters. The van der Waals surface area contributed by atoms with E-state index < -0.39 is 14.8 Å². The minimum Gasteiger partial charge on any atom is -0.264 e. The summed E-state index contributed by atoms with van der Waals surface area (Å²) in [4.78, 5) is 17.7. The Morgan fingerprint density at radius 1 is 1.05 bits per heavy atom. The number of hydrogen-bond donors (Lipinski definition) is 0. The van der Waals surface area contributed by atoms with E-state index in [9.17, 15) is 18.5 Å². The van der Waals surface area contributed by atoms with E-state index in [1.165, 1.54) is 12.3 Å². The molecule has 0 radical (unpaired) electrons. The second-order valence-corrected chi connectivity index (χ2v) is 6.33. The number of benzene rings is 1. The van der Waals surface area contributed by atoms with Gasteiger partial charge in [-0.15, -0.1) is 0 Å². The van der Waals surface area contributed by atoms with Crippen LogP contribution in [0.25, 0.3) is 10.8 Å². The zero-order chi connectivity index (χ0) is 15.7. The predicted octanol–water partition coefficient (Wildman–Crippen LogP) is 2.37. The number of fused-ring (bicyclic) bond motifs is 1. The summed E-state index contributed by atoms with van der Waals surface area (Å²) < 4.78 is 25.4. The number of rotatable bonds is 3. The Kier molecular flexibility index (Phi) is 3.30. The molecule has 0 saturated heterocycles. The molecule has 3 rings (SSSR count). The van der Waals surface area contributed by atoms with Gasteiger partial charge in [-0.05, 0) is 18.2 Å². The zero-order valence-electron chi connectivity index (χ0n) is 11.1. The van der Waals surface area contributed by atoms with Crippen LogP contribution in [-0.2, 0) is 9.84 Å². The molecule has 110 valence electrons. The van der Waals surface area contributed by atoms with E-state index in [4.69, 9.17) is 0 Å². The molecular weight excluding hydrogens is 306 g/mol. The molecule has 0 unspecified atom stereocenters. The summed E-state index contributed by atoms with van der Waals surface area (Å²) in [6.07, 6.45) is 4.00. The Bertz CT molecular complexity index is 964. The monoisotopic (exact) mass is 315 g/mol. The van der Waals surface area contributed by atoms with Gasteiger partial charge in [0.15, 0.2) is 5.03 Å². The maximum Gasteiger partial charge on any atom is 0.287 e. The van der Waals surface area contributed by atoms with E-state index in [0.29, 0.717) is 10.8 Å². The summed E-state index contributed by atoms with van der Waals surface area (Å²) in [6, 6.07) is 8.70. The van der Waals surface area contributed by atoms with Crippen LogP contribution in [0, 0.1) is 10.1 Å². The lowest BCUT2D eigenvalue weighted by Gasteiger charge is -2.07. The van der Waals surface area contributed by atoms with E-state index >= 15 is 0 Å². The first-order chi connectivity index (χ1) is 10.5. The molecule has 0 spiro atoms. The molecule has 2 aromatic heterocycles. The molecule has 0 aliphatic rings. The van der Waals surface area contributed by atoms with Gasteiger partial charge >= 0.3 is 0 Å². The van der Waals surface area contributed by atoms with Crippen molar-refractivity contribution in [2.24, 2.45) is 0 Å². The number of sulfone groups is 1. The van der Waals surface area contributed by atoms with Crippen molar-refractivity contribution in [1.82, 2.24) is 9.97 Å². The summed E-state index contributed by atoms with van der Waals surface area (Å²) in [6.45, 7) is 0. The molecule has 0 fully saturated rings. The largest absolute Gasteiger partial charge is 0.287 e. The summed E-state index contributed by atoms with van der Waals surface area (Å²) in [5.74, 6) is 0. The molecule has 8 heteroatoms. The Balaban J connectivity index is 2.18. The Morgan fingerprint density at radius 3 is 2.55 bits per heavy atom. The first kappa shape index (κ1) is 14.1. The molecular formula is C14H9N3O4S. The summed E-state index contributed by atoms with van der Waals surface area (Å²) in [5.41, 5.74) is -0.263.